The highest BCUT2D eigenvalue weighted by Crippen LogP contribution is 2.24. The maximum atomic E-state index is 11.6. The number of ether oxygens (including phenoxy) is 1. The van der Waals surface area contributed by atoms with Crippen molar-refractivity contribution in [3.8, 4) is 0 Å². The number of carbonyl (C=O) groups excluding carboxylic acids is 1. The van der Waals surface area contributed by atoms with Crippen molar-refractivity contribution in [2.75, 3.05) is 6.54 Å². The van der Waals surface area contributed by atoms with Gasteiger partial charge in [0.05, 0.1) is 0 Å². The molecule has 0 aromatic heterocycles. The molecule has 0 aliphatic heterocycles. The molecule has 0 saturated heterocycles. The molecule has 0 spiro atoms. The van der Waals surface area contributed by atoms with E-state index >= 15 is 0 Å². The molecule has 3 N–H and O–H groups in total. The van der Waals surface area contributed by atoms with Crippen molar-refractivity contribution in [3.63, 3.8) is 0 Å². The first kappa shape index (κ1) is 19.5. The van der Waals surface area contributed by atoms with Crippen molar-refractivity contribution < 1.29 is 19.7 Å². The van der Waals surface area contributed by atoms with E-state index in [4.69, 9.17) is 4.74 Å². The Morgan fingerprint density at radius 1 is 1.09 bits per heavy atom. The molecule has 0 aliphatic rings. The van der Waals surface area contributed by atoms with Crippen LogP contribution < -0.4 is 5.32 Å². The number of amides is 1. The first-order valence-corrected chi connectivity index (χ1v) is 7.83. The maximum absolute atomic E-state index is 11.6. The molecule has 0 fully saturated rings. The van der Waals surface area contributed by atoms with Gasteiger partial charge in [0.25, 0.3) is 0 Å². The van der Waals surface area contributed by atoms with Crippen molar-refractivity contribution in [1.82, 2.24) is 5.32 Å². The number of nitrogens with one attached hydrogen (secondary N) is 1. The SMILES string of the molecule is CC(C)(C)OC(=O)NCC(O)C(O)c1ccc(C(C)(C)C)cc1. The zero-order valence-corrected chi connectivity index (χ0v) is 14.9. The number of hydrogen-bond donors (Lipinski definition) is 3. The maximum Gasteiger partial charge on any atom is 0.407 e. The van der Waals surface area contributed by atoms with Crippen LogP contribution in [-0.4, -0.2) is 34.6 Å². The quantitative estimate of drug-likeness (QED) is 0.796. The average molecular weight is 323 g/mol. The van der Waals surface area contributed by atoms with Crippen LogP contribution in [0.3, 0.4) is 0 Å². The van der Waals surface area contributed by atoms with Crippen LogP contribution in [0.25, 0.3) is 0 Å². The lowest BCUT2D eigenvalue weighted by molar-refractivity contribution is 0.0129. The number of hydrogen-bond acceptors (Lipinski definition) is 4. The molecular weight excluding hydrogens is 294 g/mol. The lowest BCUT2D eigenvalue weighted by atomic mass is 9.86. The van der Waals surface area contributed by atoms with Gasteiger partial charge in [-0.05, 0) is 37.3 Å². The van der Waals surface area contributed by atoms with Gasteiger partial charge in [0.15, 0.2) is 0 Å². The fourth-order valence-corrected chi connectivity index (χ4v) is 2.02. The van der Waals surface area contributed by atoms with Crippen LogP contribution in [0.15, 0.2) is 24.3 Å². The Labute approximate surface area is 138 Å². The van der Waals surface area contributed by atoms with Crippen LogP contribution in [0.1, 0.15) is 58.8 Å². The van der Waals surface area contributed by atoms with Gasteiger partial charge < -0.3 is 20.3 Å². The molecule has 1 aromatic carbocycles. The lowest BCUT2D eigenvalue weighted by Crippen LogP contribution is -2.38. The second-order valence-electron chi connectivity index (χ2n) is 7.77. The van der Waals surface area contributed by atoms with E-state index in [2.05, 4.69) is 26.1 Å². The molecule has 130 valence electrons. The second kappa shape index (κ2) is 7.32. The van der Waals surface area contributed by atoms with Crippen LogP contribution >= 0.6 is 0 Å². The molecule has 23 heavy (non-hydrogen) atoms. The van der Waals surface area contributed by atoms with Crippen molar-refractivity contribution in [2.24, 2.45) is 0 Å². The number of alkyl carbamates (subject to hydrolysis) is 1. The molecular formula is C18H29NO4. The largest absolute Gasteiger partial charge is 0.444 e. The topological polar surface area (TPSA) is 78.8 Å². The molecule has 0 heterocycles. The summed E-state index contributed by atoms with van der Waals surface area (Å²) in [5, 5.41) is 22.7. The van der Waals surface area contributed by atoms with E-state index in [0.29, 0.717) is 5.56 Å². The van der Waals surface area contributed by atoms with Gasteiger partial charge in [-0.3, -0.25) is 0 Å². The third-order valence-corrected chi connectivity index (χ3v) is 3.34. The van der Waals surface area contributed by atoms with Crippen LogP contribution in [0.2, 0.25) is 0 Å². The van der Waals surface area contributed by atoms with Gasteiger partial charge in [0.2, 0.25) is 0 Å². The van der Waals surface area contributed by atoms with Crippen LogP contribution in [0, 0.1) is 0 Å². The van der Waals surface area contributed by atoms with E-state index in [1.54, 1.807) is 32.9 Å². The lowest BCUT2D eigenvalue weighted by Gasteiger charge is -2.23. The van der Waals surface area contributed by atoms with Crippen LogP contribution in [-0.2, 0) is 10.2 Å². The Hall–Kier alpha value is -1.59. The molecule has 1 aromatic rings. The fraction of sp³-hybridized carbons (Fsp3) is 0.611. The van der Waals surface area contributed by atoms with Gasteiger partial charge in [-0.25, -0.2) is 4.79 Å². The Morgan fingerprint density at radius 2 is 1.61 bits per heavy atom. The predicted octanol–water partition coefficient (Wildman–Crippen LogP) is 2.90. The zero-order valence-electron chi connectivity index (χ0n) is 14.9. The van der Waals surface area contributed by atoms with Gasteiger partial charge in [-0.2, -0.15) is 0 Å². The summed E-state index contributed by atoms with van der Waals surface area (Å²) in [6.07, 6.45) is -2.80. The Bertz CT molecular complexity index is 511. The molecule has 2 atom stereocenters. The third-order valence-electron chi connectivity index (χ3n) is 3.34. The summed E-state index contributed by atoms with van der Waals surface area (Å²) in [7, 11) is 0. The van der Waals surface area contributed by atoms with Crippen molar-refractivity contribution in [1.29, 1.82) is 0 Å². The number of carbonyl (C=O) groups is 1. The standard InChI is InChI=1S/C18H29NO4/c1-17(2,3)13-9-7-12(8-10-13)15(21)14(20)11-19-16(22)23-18(4,5)6/h7-10,14-15,20-21H,11H2,1-6H3,(H,19,22). The Kier molecular flexibility index (Phi) is 6.19. The minimum atomic E-state index is -1.11. The molecule has 5 heteroatoms. The van der Waals surface area contributed by atoms with Gasteiger partial charge in [-0.1, -0.05) is 45.0 Å². The number of rotatable bonds is 4. The molecule has 0 bridgehead atoms. The van der Waals surface area contributed by atoms with E-state index in [1.165, 1.54) is 0 Å². The summed E-state index contributed by atoms with van der Waals surface area (Å²) < 4.78 is 5.08. The minimum absolute atomic E-state index is 0.0281. The highest BCUT2D eigenvalue weighted by atomic mass is 16.6. The van der Waals surface area contributed by atoms with E-state index in [1.807, 2.05) is 12.1 Å². The summed E-state index contributed by atoms with van der Waals surface area (Å²) in [5.41, 5.74) is 1.18. The van der Waals surface area contributed by atoms with E-state index in [9.17, 15) is 15.0 Å². The van der Waals surface area contributed by atoms with Crippen LogP contribution in [0.4, 0.5) is 4.79 Å². The highest BCUT2D eigenvalue weighted by molar-refractivity contribution is 5.67. The van der Waals surface area contributed by atoms with E-state index in [0.717, 1.165) is 5.56 Å². The highest BCUT2D eigenvalue weighted by Gasteiger charge is 2.22. The normalized spacial score (nSPS) is 15.0. The van der Waals surface area contributed by atoms with Gasteiger partial charge in [0, 0.05) is 6.54 Å². The number of benzene rings is 1. The van der Waals surface area contributed by atoms with Gasteiger partial charge in [0.1, 0.15) is 17.8 Å². The first-order chi connectivity index (χ1) is 10.4. The molecule has 0 radical (unpaired) electrons. The van der Waals surface area contributed by atoms with Crippen LogP contribution in [0.5, 0.6) is 0 Å². The average Bonchev–Trinajstić information content (AvgIpc) is 2.41. The van der Waals surface area contributed by atoms with Crippen molar-refractivity contribution in [3.05, 3.63) is 35.4 Å². The summed E-state index contributed by atoms with van der Waals surface area (Å²) in [6, 6.07) is 7.46. The monoisotopic (exact) mass is 323 g/mol. The smallest absolute Gasteiger partial charge is 0.407 e. The summed E-state index contributed by atoms with van der Waals surface area (Å²) in [5.74, 6) is 0. The summed E-state index contributed by atoms with van der Waals surface area (Å²) >= 11 is 0. The van der Waals surface area contributed by atoms with Gasteiger partial charge in [-0.15, -0.1) is 0 Å². The number of aliphatic hydroxyl groups excluding tert-OH is 2. The third kappa shape index (κ3) is 6.59. The number of aliphatic hydroxyl groups is 2. The molecule has 1 amide bonds. The fourth-order valence-electron chi connectivity index (χ4n) is 2.02. The molecule has 2 unspecified atom stereocenters. The van der Waals surface area contributed by atoms with E-state index < -0.39 is 23.9 Å². The zero-order chi connectivity index (χ0) is 17.8. The molecule has 0 aliphatic carbocycles. The first-order valence-electron chi connectivity index (χ1n) is 7.83. The van der Waals surface area contributed by atoms with Crippen molar-refractivity contribution >= 4 is 6.09 Å². The molecule has 1 rings (SSSR count). The van der Waals surface area contributed by atoms with Crippen molar-refractivity contribution in [2.45, 2.75) is 64.8 Å². The molecule has 5 nitrogen and oxygen atoms in total. The Balaban J connectivity index is 2.60. The summed E-state index contributed by atoms with van der Waals surface area (Å²) in [4.78, 5) is 11.6. The van der Waals surface area contributed by atoms with E-state index in [-0.39, 0.29) is 12.0 Å². The summed E-state index contributed by atoms with van der Waals surface area (Å²) in [6.45, 7) is 11.5. The minimum Gasteiger partial charge on any atom is -0.444 e. The van der Waals surface area contributed by atoms with Gasteiger partial charge >= 0.3 is 6.09 Å². The Morgan fingerprint density at radius 3 is 2.04 bits per heavy atom. The molecule has 0 saturated carbocycles. The predicted molar refractivity (Wildman–Crippen MR) is 90.3 cm³/mol. The second-order valence-corrected chi connectivity index (χ2v) is 7.77.